The van der Waals surface area contributed by atoms with Crippen LogP contribution in [0.1, 0.15) is 18.9 Å². The lowest BCUT2D eigenvalue weighted by atomic mass is 10.2. The Balaban J connectivity index is 1.97. The zero-order chi connectivity index (χ0) is 19.2. The lowest BCUT2D eigenvalue weighted by Gasteiger charge is -2.19. The topological polar surface area (TPSA) is 75.7 Å². The number of carbonyl (C=O) groups is 1. The van der Waals surface area contributed by atoms with E-state index in [1.54, 1.807) is 24.3 Å². The summed E-state index contributed by atoms with van der Waals surface area (Å²) in [6, 6.07) is 16.3. The SMILES string of the molecule is CC[C@@H](Oc1ccc(N(C)S(C)(=O)=O)cc1)C(=O)NCc1ccccc1. The minimum absolute atomic E-state index is 0.186. The van der Waals surface area contributed by atoms with Gasteiger partial charge >= 0.3 is 0 Å². The van der Waals surface area contributed by atoms with Crippen LogP contribution in [0, 0.1) is 0 Å². The smallest absolute Gasteiger partial charge is 0.261 e. The van der Waals surface area contributed by atoms with E-state index in [1.165, 1.54) is 11.4 Å². The molecule has 0 aliphatic rings. The number of nitrogens with zero attached hydrogens (tertiary/aromatic N) is 1. The minimum Gasteiger partial charge on any atom is -0.481 e. The second kappa shape index (κ2) is 8.71. The first-order valence-electron chi connectivity index (χ1n) is 8.33. The molecule has 1 amide bonds. The molecule has 1 N–H and O–H groups in total. The highest BCUT2D eigenvalue weighted by Gasteiger charge is 2.18. The number of sulfonamides is 1. The third-order valence-electron chi connectivity index (χ3n) is 3.95. The Kier molecular flexibility index (Phi) is 6.63. The van der Waals surface area contributed by atoms with Crippen LogP contribution < -0.4 is 14.4 Å². The number of benzene rings is 2. The molecule has 0 aromatic heterocycles. The fourth-order valence-corrected chi connectivity index (χ4v) is 2.82. The van der Waals surface area contributed by atoms with Gasteiger partial charge in [0.25, 0.3) is 5.91 Å². The van der Waals surface area contributed by atoms with Crippen molar-refractivity contribution < 1.29 is 17.9 Å². The average Bonchev–Trinajstić information content (AvgIpc) is 2.64. The number of amides is 1. The van der Waals surface area contributed by atoms with E-state index in [4.69, 9.17) is 4.74 Å². The summed E-state index contributed by atoms with van der Waals surface area (Å²) in [6.45, 7) is 2.32. The molecule has 7 heteroatoms. The number of hydrogen-bond acceptors (Lipinski definition) is 4. The van der Waals surface area contributed by atoms with E-state index in [2.05, 4.69) is 5.32 Å². The van der Waals surface area contributed by atoms with E-state index in [0.717, 1.165) is 11.8 Å². The van der Waals surface area contributed by atoms with Crippen molar-refractivity contribution in [1.29, 1.82) is 0 Å². The predicted molar refractivity (Wildman–Crippen MR) is 103 cm³/mol. The average molecular weight is 376 g/mol. The van der Waals surface area contributed by atoms with Gasteiger partial charge < -0.3 is 10.1 Å². The molecule has 0 bridgehead atoms. The van der Waals surface area contributed by atoms with Gasteiger partial charge in [-0.2, -0.15) is 0 Å². The van der Waals surface area contributed by atoms with Crippen LogP contribution >= 0.6 is 0 Å². The highest BCUT2D eigenvalue weighted by Crippen LogP contribution is 2.21. The molecule has 6 nitrogen and oxygen atoms in total. The first-order chi connectivity index (χ1) is 12.3. The first-order valence-corrected chi connectivity index (χ1v) is 10.2. The molecular formula is C19H24N2O4S. The third-order valence-corrected chi connectivity index (χ3v) is 5.15. The van der Waals surface area contributed by atoms with Gasteiger partial charge in [-0.05, 0) is 36.2 Å². The van der Waals surface area contributed by atoms with Crippen LogP contribution in [-0.2, 0) is 21.4 Å². The summed E-state index contributed by atoms with van der Waals surface area (Å²) in [5, 5.41) is 2.87. The van der Waals surface area contributed by atoms with E-state index >= 15 is 0 Å². The number of anilines is 1. The van der Waals surface area contributed by atoms with E-state index in [0.29, 0.717) is 24.4 Å². The summed E-state index contributed by atoms with van der Waals surface area (Å²) in [6.07, 6.45) is 1.05. The predicted octanol–water partition coefficient (Wildman–Crippen LogP) is 2.56. The summed E-state index contributed by atoms with van der Waals surface area (Å²) < 4.78 is 30.1. The van der Waals surface area contributed by atoms with Gasteiger partial charge in [-0.15, -0.1) is 0 Å². The number of nitrogens with one attached hydrogen (secondary N) is 1. The van der Waals surface area contributed by atoms with Crippen molar-refractivity contribution in [3.8, 4) is 5.75 Å². The normalized spacial score (nSPS) is 12.3. The summed E-state index contributed by atoms with van der Waals surface area (Å²) in [5.74, 6) is 0.325. The van der Waals surface area contributed by atoms with Crippen LogP contribution in [0.2, 0.25) is 0 Å². The van der Waals surface area contributed by atoms with Gasteiger partial charge in [-0.25, -0.2) is 8.42 Å². The Labute approximate surface area is 154 Å². The molecule has 26 heavy (non-hydrogen) atoms. The standard InChI is InChI=1S/C19H24N2O4S/c1-4-18(19(22)20-14-15-8-6-5-7-9-15)25-17-12-10-16(11-13-17)21(2)26(3,23)24/h5-13,18H,4,14H2,1-3H3,(H,20,22)/t18-/m1/s1. The van der Waals surface area contributed by atoms with Gasteiger partial charge in [-0.3, -0.25) is 9.10 Å². The first kappa shape index (κ1) is 19.8. The van der Waals surface area contributed by atoms with E-state index in [9.17, 15) is 13.2 Å². The minimum atomic E-state index is -3.32. The Bertz CT molecular complexity index is 820. The molecule has 0 fully saturated rings. The maximum Gasteiger partial charge on any atom is 0.261 e. The summed E-state index contributed by atoms with van der Waals surface area (Å²) >= 11 is 0. The van der Waals surface area contributed by atoms with Crippen molar-refractivity contribution in [3.05, 3.63) is 60.2 Å². The second-order valence-electron chi connectivity index (χ2n) is 5.94. The molecule has 0 aliphatic carbocycles. The molecule has 2 rings (SSSR count). The van der Waals surface area contributed by atoms with Crippen molar-refractivity contribution in [2.24, 2.45) is 0 Å². The van der Waals surface area contributed by atoms with Crippen LogP contribution in [0.25, 0.3) is 0 Å². The molecule has 0 spiro atoms. The highest BCUT2D eigenvalue weighted by molar-refractivity contribution is 7.92. The quantitative estimate of drug-likeness (QED) is 0.768. The van der Waals surface area contributed by atoms with Crippen LogP contribution in [-0.4, -0.2) is 33.7 Å². The van der Waals surface area contributed by atoms with E-state index in [1.807, 2.05) is 37.3 Å². The Morgan fingerprint density at radius 1 is 1.12 bits per heavy atom. The molecule has 0 saturated carbocycles. The molecule has 0 aliphatic heterocycles. The molecule has 0 saturated heterocycles. The van der Waals surface area contributed by atoms with Crippen molar-refractivity contribution in [3.63, 3.8) is 0 Å². The fraction of sp³-hybridized carbons (Fsp3) is 0.316. The van der Waals surface area contributed by atoms with Gasteiger partial charge in [0, 0.05) is 13.6 Å². The molecule has 0 heterocycles. The largest absolute Gasteiger partial charge is 0.481 e. The van der Waals surface area contributed by atoms with Crippen molar-refractivity contribution in [1.82, 2.24) is 5.32 Å². The van der Waals surface area contributed by atoms with Gasteiger partial charge in [0.2, 0.25) is 10.0 Å². The zero-order valence-electron chi connectivity index (χ0n) is 15.2. The van der Waals surface area contributed by atoms with Crippen molar-refractivity contribution in [2.45, 2.75) is 26.0 Å². The summed E-state index contributed by atoms with van der Waals surface area (Å²) in [5.41, 5.74) is 1.55. The molecule has 0 unspecified atom stereocenters. The fourth-order valence-electron chi connectivity index (χ4n) is 2.31. The number of carbonyl (C=O) groups excluding carboxylic acids is 1. The maximum absolute atomic E-state index is 12.3. The van der Waals surface area contributed by atoms with Crippen LogP contribution in [0.15, 0.2) is 54.6 Å². The lowest BCUT2D eigenvalue weighted by Crippen LogP contribution is -2.37. The van der Waals surface area contributed by atoms with Gasteiger partial charge in [0.05, 0.1) is 11.9 Å². The highest BCUT2D eigenvalue weighted by atomic mass is 32.2. The zero-order valence-corrected chi connectivity index (χ0v) is 16.0. The second-order valence-corrected chi connectivity index (χ2v) is 7.96. The van der Waals surface area contributed by atoms with Crippen LogP contribution in [0.4, 0.5) is 5.69 Å². The third kappa shape index (κ3) is 5.49. The monoisotopic (exact) mass is 376 g/mol. The number of rotatable bonds is 8. The number of ether oxygens (including phenoxy) is 1. The summed E-state index contributed by atoms with van der Waals surface area (Å²) in [4.78, 5) is 12.3. The molecule has 140 valence electrons. The van der Waals surface area contributed by atoms with Gasteiger partial charge in [-0.1, -0.05) is 37.3 Å². The molecule has 2 aromatic rings. The van der Waals surface area contributed by atoms with Crippen molar-refractivity contribution >= 4 is 21.6 Å². The molecule has 0 radical (unpaired) electrons. The molecule has 2 aromatic carbocycles. The Morgan fingerprint density at radius 2 is 1.73 bits per heavy atom. The Morgan fingerprint density at radius 3 is 2.27 bits per heavy atom. The molecular weight excluding hydrogens is 352 g/mol. The Hall–Kier alpha value is -2.54. The molecule has 1 atom stereocenters. The lowest BCUT2D eigenvalue weighted by molar-refractivity contribution is -0.128. The van der Waals surface area contributed by atoms with Gasteiger partial charge in [0.15, 0.2) is 6.10 Å². The van der Waals surface area contributed by atoms with Crippen molar-refractivity contribution in [2.75, 3.05) is 17.6 Å². The summed E-state index contributed by atoms with van der Waals surface area (Å²) in [7, 11) is -1.83. The van der Waals surface area contributed by atoms with Crippen LogP contribution in [0.5, 0.6) is 5.75 Å². The van der Waals surface area contributed by atoms with E-state index < -0.39 is 16.1 Å². The van der Waals surface area contributed by atoms with Crippen LogP contribution in [0.3, 0.4) is 0 Å². The van der Waals surface area contributed by atoms with Gasteiger partial charge in [0.1, 0.15) is 5.75 Å². The van der Waals surface area contributed by atoms with E-state index in [-0.39, 0.29) is 5.91 Å². The maximum atomic E-state index is 12.3. The number of hydrogen-bond donors (Lipinski definition) is 1.